The number of carbonyl (C=O) groups excluding carboxylic acids is 4. The highest BCUT2D eigenvalue weighted by Crippen LogP contribution is 2.29. The molecule has 4 N–H and O–H groups in total. The molecule has 0 saturated carbocycles. The lowest BCUT2D eigenvalue weighted by Gasteiger charge is -2.39. The first kappa shape index (κ1) is 43.4. The van der Waals surface area contributed by atoms with E-state index in [4.69, 9.17) is 9.47 Å². The van der Waals surface area contributed by atoms with Crippen molar-refractivity contribution < 1.29 is 43.7 Å². The molecule has 1 aromatic carbocycles. The Labute approximate surface area is 303 Å². The van der Waals surface area contributed by atoms with Gasteiger partial charge in [-0.2, -0.15) is 0 Å². The van der Waals surface area contributed by atoms with Crippen LogP contribution in [0, 0.1) is 17.8 Å². The first-order valence-corrected chi connectivity index (χ1v) is 17.9. The van der Waals surface area contributed by atoms with E-state index in [1.807, 2.05) is 32.0 Å². The second-order valence-electron chi connectivity index (χ2n) is 14.1. The number of hydrogen-bond acceptors (Lipinski definition) is 8. The standard InChI is InChI=1S/C37H61N5O9/c1-11-23(4)32(40(7)30(44)21-38-36(47)31(22(2)3)41(8)37(48)49)28(50-9)20-29(43)42-19-15-18-27(42)34(51-10)24(5)35(46)39-25(6)33(45)26-16-13-12-14-17-26/h12-14,16-17,22-25,27-28,31-34,45H,11,15,18-21H2,1-10H3,(H,38,47)(H,39,46)(H,48,49)/t23-,24+,25+,27-,28+,31-,32-,33+,34+/m0/s1. The second kappa shape index (κ2) is 20.3. The van der Waals surface area contributed by atoms with Crippen LogP contribution in [0.5, 0.6) is 0 Å². The molecule has 2 rings (SSSR count). The van der Waals surface area contributed by atoms with Gasteiger partial charge in [0, 0.05) is 34.9 Å². The number of carbonyl (C=O) groups is 5. The van der Waals surface area contributed by atoms with E-state index in [1.165, 1.54) is 26.2 Å². The molecule has 0 radical (unpaired) electrons. The van der Waals surface area contributed by atoms with E-state index in [-0.39, 0.29) is 42.7 Å². The van der Waals surface area contributed by atoms with Gasteiger partial charge in [0.05, 0.1) is 55.3 Å². The molecule has 1 aliphatic heterocycles. The summed E-state index contributed by atoms with van der Waals surface area (Å²) in [7, 11) is 5.95. The molecule has 9 atom stereocenters. The van der Waals surface area contributed by atoms with Crippen molar-refractivity contribution in [1.29, 1.82) is 0 Å². The van der Waals surface area contributed by atoms with E-state index in [1.54, 1.807) is 51.8 Å². The van der Waals surface area contributed by atoms with Crippen LogP contribution in [-0.2, 0) is 28.7 Å². The molecule has 5 amide bonds. The van der Waals surface area contributed by atoms with Gasteiger partial charge in [-0.25, -0.2) is 4.79 Å². The van der Waals surface area contributed by atoms with Gasteiger partial charge >= 0.3 is 6.09 Å². The summed E-state index contributed by atoms with van der Waals surface area (Å²) >= 11 is 0. The van der Waals surface area contributed by atoms with Crippen LogP contribution in [0.25, 0.3) is 0 Å². The van der Waals surface area contributed by atoms with E-state index in [2.05, 4.69) is 10.6 Å². The fourth-order valence-corrected chi connectivity index (χ4v) is 7.14. The van der Waals surface area contributed by atoms with Crippen molar-refractivity contribution in [1.82, 2.24) is 25.3 Å². The number of aliphatic hydroxyl groups is 1. The number of ether oxygens (including phenoxy) is 2. The zero-order valence-electron chi connectivity index (χ0n) is 32.0. The third kappa shape index (κ3) is 11.4. The highest BCUT2D eigenvalue weighted by Gasteiger charge is 2.42. The van der Waals surface area contributed by atoms with Crippen LogP contribution in [-0.4, -0.2) is 132 Å². The van der Waals surface area contributed by atoms with Crippen molar-refractivity contribution in [3.05, 3.63) is 35.9 Å². The van der Waals surface area contributed by atoms with Gasteiger partial charge in [0.15, 0.2) is 0 Å². The van der Waals surface area contributed by atoms with Gasteiger partial charge in [-0.05, 0) is 37.2 Å². The molecular formula is C37H61N5O9. The number of likely N-dealkylation sites (N-methyl/N-ethyl adjacent to an activating group) is 2. The maximum absolute atomic E-state index is 14.0. The lowest BCUT2D eigenvalue weighted by Crippen LogP contribution is -2.55. The SMILES string of the molecule is CC[C@H](C)[C@@H]([C@@H](CC(=O)N1CCC[C@H]1[C@H](OC)[C@@H](C)C(=O)N[C@H](C)[C@@H](O)c1ccccc1)OC)N(C)C(=O)CNC(=O)[C@H](C(C)C)N(C)C(=O)O. The van der Waals surface area contributed by atoms with E-state index in [9.17, 15) is 34.2 Å². The summed E-state index contributed by atoms with van der Waals surface area (Å²) in [6.07, 6.45) is -1.40. The monoisotopic (exact) mass is 719 g/mol. The molecule has 51 heavy (non-hydrogen) atoms. The molecule has 0 aliphatic carbocycles. The van der Waals surface area contributed by atoms with Crippen molar-refractivity contribution in [2.75, 3.05) is 41.4 Å². The van der Waals surface area contributed by atoms with E-state index >= 15 is 0 Å². The van der Waals surface area contributed by atoms with Crippen molar-refractivity contribution in [3.63, 3.8) is 0 Å². The minimum absolute atomic E-state index is 0.0257. The van der Waals surface area contributed by atoms with Gasteiger partial charge in [0.1, 0.15) is 6.04 Å². The van der Waals surface area contributed by atoms with E-state index in [0.29, 0.717) is 24.9 Å². The Kier molecular flexibility index (Phi) is 17.3. The fourth-order valence-electron chi connectivity index (χ4n) is 7.14. The molecule has 1 fully saturated rings. The lowest BCUT2D eigenvalue weighted by molar-refractivity contribution is -0.146. The molecule has 1 saturated heterocycles. The number of nitrogens with one attached hydrogen (secondary N) is 2. The summed E-state index contributed by atoms with van der Waals surface area (Å²) in [5, 5.41) is 25.7. The summed E-state index contributed by atoms with van der Waals surface area (Å²) in [6, 6.07) is 6.68. The summed E-state index contributed by atoms with van der Waals surface area (Å²) in [4.78, 5) is 69.4. The lowest BCUT2D eigenvalue weighted by atomic mass is 9.90. The number of hydrogen-bond donors (Lipinski definition) is 4. The van der Waals surface area contributed by atoms with Crippen LogP contribution in [0.3, 0.4) is 0 Å². The Morgan fingerprint density at radius 1 is 0.961 bits per heavy atom. The van der Waals surface area contributed by atoms with Crippen LogP contribution in [0.1, 0.15) is 78.9 Å². The zero-order chi connectivity index (χ0) is 38.6. The first-order valence-electron chi connectivity index (χ1n) is 17.9. The van der Waals surface area contributed by atoms with Crippen molar-refractivity contribution in [3.8, 4) is 0 Å². The zero-order valence-corrected chi connectivity index (χ0v) is 32.0. The highest BCUT2D eigenvalue weighted by molar-refractivity contribution is 5.89. The third-order valence-electron chi connectivity index (χ3n) is 10.3. The molecular weight excluding hydrogens is 658 g/mol. The smallest absolute Gasteiger partial charge is 0.407 e. The normalized spacial score (nSPS) is 19.2. The fraction of sp³-hybridized carbons (Fsp3) is 0.703. The minimum Gasteiger partial charge on any atom is -0.465 e. The Bertz CT molecular complexity index is 1300. The predicted octanol–water partition coefficient (Wildman–Crippen LogP) is 2.90. The first-order chi connectivity index (χ1) is 24.0. The van der Waals surface area contributed by atoms with Crippen molar-refractivity contribution in [2.24, 2.45) is 17.8 Å². The Hall–Kier alpha value is -3.75. The molecule has 0 unspecified atom stereocenters. The van der Waals surface area contributed by atoms with E-state index < -0.39 is 60.3 Å². The van der Waals surface area contributed by atoms with Gasteiger partial charge in [-0.1, -0.05) is 71.4 Å². The molecule has 288 valence electrons. The van der Waals surface area contributed by atoms with Crippen LogP contribution in [0.15, 0.2) is 30.3 Å². The summed E-state index contributed by atoms with van der Waals surface area (Å²) in [5.74, 6) is -2.50. The topological polar surface area (TPSA) is 178 Å². The molecule has 0 aromatic heterocycles. The van der Waals surface area contributed by atoms with Crippen LogP contribution >= 0.6 is 0 Å². The van der Waals surface area contributed by atoms with Crippen LogP contribution < -0.4 is 10.6 Å². The Morgan fingerprint density at radius 3 is 2.12 bits per heavy atom. The molecule has 0 bridgehead atoms. The molecule has 14 heteroatoms. The summed E-state index contributed by atoms with van der Waals surface area (Å²) in [6.45, 7) is 11.0. The van der Waals surface area contributed by atoms with Gasteiger partial charge in [0.2, 0.25) is 23.6 Å². The van der Waals surface area contributed by atoms with Crippen LogP contribution in [0.2, 0.25) is 0 Å². The summed E-state index contributed by atoms with van der Waals surface area (Å²) in [5.41, 5.74) is 0.692. The minimum atomic E-state index is -1.25. The molecule has 1 aliphatic rings. The van der Waals surface area contributed by atoms with Gasteiger partial charge in [-0.15, -0.1) is 0 Å². The maximum Gasteiger partial charge on any atom is 0.407 e. The number of likely N-dealkylation sites (tertiary alicyclic amines) is 1. The molecule has 1 heterocycles. The Balaban J connectivity index is 2.16. The highest BCUT2D eigenvalue weighted by atomic mass is 16.5. The largest absolute Gasteiger partial charge is 0.465 e. The molecule has 1 aromatic rings. The van der Waals surface area contributed by atoms with Gasteiger partial charge < -0.3 is 40.1 Å². The number of methoxy groups -OCH3 is 2. The second-order valence-corrected chi connectivity index (χ2v) is 14.1. The quantitative estimate of drug-likeness (QED) is 0.167. The number of benzene rings is 1. The third-order valence-corrected chi connectivity index (χ3v) is 10.3. The number of nitrogens with zero attached hydrogens (tertiary/aromatic N) is 3. The van der Waals surface area contributed by atoms with E-state index in [0.717, 1.165) is 11.3 Å². The van der Waals surface area contributed by atoms with Gasteiger partial charge in [0.25, 0.3) is 0 Å². The van der Waals surface area contributed by atoms with Crippen molar-refractivity contribution in [2.45, 2.75) is 110 Å². The van der Waals surface area contributed by atoms with Crippen molar-refractivity contribution >= 4 is 29.7 Å². The molecule has 14 nitrogen and oxygen atoms in total. The van der Waals surface area contributed by atoms with Crippen LogP contribution in [0.4, 0.5) is 4.79 Å². The average molecular weight is 720 g/mol. The predicted molar refractivity (Wildman–Crippen MR) is 193 cm³/mol. The number of aliphatic hydroxyl groups excluding tert-OH is 1. The maximum atomic E-state index is 14.0. The van der Waals surface area contributed by atoms with Gasteiger partial charge in [-0.3, -0.25) is 24.1 Å². The molecule has 0 spiro atoms. The average Bonchev–Trinajstić information content (AvgIpc) is 3.59. The number of rotatable bonds is 19. The number of carboxylic acid groups (broad SMARTS) is 1. The summed E-state index contributed by atoms with van der Waals surface area (Å²) < 4.78 is 11.7. The Morgan fingerprint density at radius 2 is 1.59 bits per heavy atom. The number of amides is 5.